The third-order valence-electron chi connectivity index (χ3n) is 3.20. The average molecular weight is 249 g/mol. The van der Waals surface area contributed by atoms with Crippen LogP contribution in [-0.2, 0) is 0 Å². The summed E-state index contributed by atoms with van der Waals surface area (Å²) in [5, 5.41) is 2.92. The number of carbonyl (C=O) groups is 1. The van der Waals surface area contributed by atoms with E-state index in [0.29, 0.717) is 23.8 Å². The average Bonchev–Trinajstić information content (AvgIpc) is 2.82. The number of anilines is 1. The Morgan fingerprint density at radius 1 is 1.67 bits per heavy atom. The lowest BCUT2D eigenvalue weighted by Gasteiger charge is -2.11. The van der Waals surface area contributed by atoms with Gasteiger partial charge in [-0.15, -0.1) is 0 Å². The Hall–Kier alpha value is -1.66. The number of pyridine rings is 1. The van der Waals surface area contributed by atoms with Crippen molar-refractivity contribution in [3.05, 3.63) is 24.0 Å². The highest BCUT2D eigenvalue weighted by Crippen LogP contribution is 2.13. The van der Waals surface area contributed by atoms with Gasteiger partial charge in [0.25, 0.3) is 5.91 Å². The highest BCUT2D eigenvalue weighted by atomic mass is 16.1. The topological polar surface area (TPSA) is 83.3 Å². The molecule has 0 bridgehead atoms. The number of hydrogen-bond acceptors (Lipinski definition) is 5. The Bertz CT molecular complexity index is 423. The van der Waals surface area contributed by atoms with Crippen molar-refractivity contribution in [3.8, 4) is 0 Å². The molecular formula is C12H19N5O. The molecule has 1 fully saturated rings. The van der Waals surface area contributed by atoms with Gasteiger partial charge in [0.2, 0.25) is 0 Å². The van der Waals surface area contributed by atoms with Gasteiger partial charge in [-0.1, -0.05) is 0 Å². The summed E-state index contributed by atoms with van der Waals surface area (Å²) in [5.41, 5.74) is 3.56. The molecule has 1 amide bonds. The van der Waals surface area contributed by atoms with Gasteiger partial charge in [0.1, 0.15) is 5.69 Å². The summed E-state index contributed by atoms with van der Waals surface area (Å²) in [6.07, 6.45) is 2.70. The fourth-order valence-corrected chi connectivity index (χ4v) is 2.17. The molecule has 1 aromatic rings. The molecule has 2 heterocycles. The number of nitrogens with zero attached hydrogens (tertiary/aromatic N) is 2. The Kier molecular flexibility index (Phi) is 4.11. The van der Waals surface area contributed by atoms with Gasteiger partial charge in [0, 0.05) is 19.3 Å². The number of carbonyl (C=O) groups excluding carboxylic acids is 1. The molecule has 1 aliphatic heterocycles. The number of aromatic nitrogens is 1. The quantitative estimate of drug-likeness (QED) is 0.519. The van der Waals surface area contributed by atoms with Crippen LogP contribution in [0.3, 0.4) is 0 Å². The molecule has 4 N–H and O–H groups in total. The fourth-order valence-electron chi connectivity index (χ4n) is 2.17. The molecule has 1 atom stereocenters. The molecule has 0 spiro atoms. The van der Waals surface area contributed by atoms with Gasteiger partial charge in [-0.05, 0) is 38.1 Å². The Morgan fingerprint density at radius 2 is 2.50 bits per heavy atom. The number of hydrazine groups is 1. The van der Waals surface area contributed by atoms with Gasteiger partial charge < -0.3 is 15.6 Å². The van der Waals surface area contributed by atoms with Gasteiger partial charge in [-0.3, -0.25) is 15.6 Å². The lowest BCUT2D eigenvalue weighted by atomic mass is 10.1. The largest absolute Gasteiger partial charge is 0.350 e. The maximum Gasteiger partial charge on any atom is 0.269 e. The number of hydrogen-bond donors (Lipinski definition) is 3. The first-order chi connectivity index (χ1) is 8.69. The molecule has 0 saturated carbocycles. The smallest absolute Gasteiger partial charge is 0.269 e. The molecule has 6 heteroatoms. The highest BCUT2D eigenvalue weighted by Gasteiger charge is 2.20. The first-order valence-corrected chi connectivity index (χ1v) is 6.08. The molecule has 1 saturated heterocycles. The van der Waals surface area contributed by atoms with Crippen molar-refractivity contribution >= 4 is 11.6 Å². The van der Waals surface area contributed by atoms with E-state index in [9.17, 15) is 4.79 Å². The van der Waals surface area contributed by atoms with E-state index < -0.39 is 0 Å². The summed E-state index contributed by atoms with van der Waals surface area (Å²) in [7, 11) is 2.10. The van der Waals surface area contributed by atoms with Crippen LogP contribution in [0.4, 0.5) is 5.69 Å². The first kappa shape index (κ1) is 12.8. The number of likely N-dealkylation sites (tertiary alicyclic amines) is 1. The predicted molar refractivity (Wildman–Crippen MR) is 70.0 cm³/mol. The summed E-state index contributed by atoms with van der Waals surface area (Å²) in [4.78, 5) is 18.2. The molecule has 1 aromatic heterocycles. The summed E-state index contributed by atoms with van der Waals surface area (Å²) in [5.74, 6) is 5.68. The van der Waals surface area contributed by atoms with Crippen LogP contribution in [0.15, 0.2) is 18.3 Å². The van der Waals surface area contributed by atoms with E-state index in [1.165, 1.54) is 0 Å². The number of nitrogens with two attached hydrogens (primary N) is 1. The van der Waals surface area contributed by atoms with Crippen molar-refractivity contribution in [2.24, 2.45) is 11.8 Å². The Balaban J connectivity index is 1.87. The van der Waals surface area contributed by atoms with Crippen molar-refractivity contribution in [2.45, 2.75) is 6.42 Å². The fraction of sp³-hybridized carbons (Fsp3) is 0.500. The van der Waals surface area contributed by atoms with Crippen LogP contribution >= 0.6 is 0 Å². The molecule has 1 aliphatic rings. The third kappa shape index (κ3) is 3.18. The van der Waals surface area contributed by atoms with Gasteiger partial charge >= 0.3 is 0 Å². The van der Waals surface area contributed by atoms with Crippen LogP contribution < -0.4 is 16.6 Å². The standard InChI is InChI=1S/C12H19N5O/c1-17-5-3-9(8-17)7-15-12(18)11-6-10(16-13)2-4-14-11/h2,4,6,9H,3,5,7-8,13H2,1H3,(H,14,16)(H,15,18). The lowest BCUT2D eigenvalue weighted by Crippen LogP contribution is -2.31. The predicted octanol–water partition coefficient (Wildman–Crippen LogP) is 0.0487. The first-order valence-electron chi connectivity index (χ1n) is 6.08. The SMILES string of the molecule is CN1CCC(CNC(=O)c2cc(NN)ccn2)C1. The van der Waals surface area contributed by atoms with Crippen LogP contribution in [0.1, 0.15) is 16.9 Å². The zero-order chi connectivity index (χ0) is 13.0. The highest BCUT2D eigenvalue weighted by molar-refractivity contribution is 5.93. The van der Waals surface area contributed by atoms with Crippen molar-refractivity contribution in [1.29, 1.82) is 0 Å². The van der Waals surface area contributed by atoms with Crippen molar-refractivity contribution in [1.82, 2.24) is 15.2 Å². The van der Waals surface area contributed by atoms with Crippen molar-refractivity contribution in [3.63, 3.8) is 0 Å². The van der Waals surface area contributed by atoms with Crippen LogP contribution in [0.25, 0.3) is 0 Å². The number of rotatable bonds is 4. The summed E-state index contributed by atoms with van der Waals surface area (Å²) >= 11 is 0. The van der Waals surface area contributed by atoms with E-state index >= 15 is 0 Å². The van der Waals surface area contributed by atoms with Crippen LogP contribution in [0.2, 0.25) is 0 Å². The molecule has 0 radical (unpaired) electrons. The molecule has 1 unspecified atom stereocenters. The monoisotopic (exact) mass is 249 g/mol. The number of nitrogens with one attached hydrogen (secondary N) is 2. The zero-order valence-corrected chi connectivity index (χ0v) is 10.5. The Labute approximate surface area is 107 Å². The van der Waals surface area contributed by atoms with Crippen molar-refractivity contribution < 1.29 is 4.79 Å². The molecule has 0 aliphatic carbocycles. The van der Waals surface area contributed by atoms with Crippen LogP contribution in [0, 0.1) is 5.92 Å². The molecule has 98 valence electrons. The van der Waals surface area contributed by atoms with Crippen LogP contribution in [0.5, 0.6) is 0 Å². The maximum atomic E-state index is 11.9. The summed E-state index contributed by atoms with van der Waals surface area (Å²) in [6, 6.07) is 3.35. The second kappa shape index (κ2) is 5.79. The second-order valence-corrected chi connectivity index (χ2v) is 4.70. The van der Waals surface area contributed by atoms with Crippen LogP contribution in [-0.4, -0.2) is 42.5 Å². The summed E-state index contributed by atoms with van der Waals surface area (Å²) < 4.78 is 0. The van der Waals surface area contributed by atoms with E-state index in [0.717, 1.165) is 19.5 Å². The normalized spacial score (nSPS) is 19.8. The van der Waals surface area contributed by atoms with Gasteiger partial charge in [-0.25, -0.2) is 0 Å². The van der Waals surface area contributed by atoms with E-state index in [4.69, 9.17) is 5.84 Å². The van der Waals surface area contributed by atoms with E-state index in [2.05, 4.69) is 27.7 Å². The third-order valence-corrected chi connectivity index (χ3v) is 3.20. The number of nitrogen functional groups attached to an aromatic ring is 1. The zero-order valence-electron chi connectivity index (χ0n) is 10.5. The van der Waals surface area contributed by atoms with E-state index in [1.54, 1.807) is 18.3 Å². The molecule has 2 rings (SSSR count). The van der Waals surface area contributed by atoms with E-state index in [-0.39, 0.29) is 5.91 Å². The molecule has 6 nitrogen and oxygen atoms in total. The molecule has 18 heavy (non-hydrogen) atoms. The van der Waals surface area contributed by atoms with Gasteiger partial charge in [-0.2, -0.15) is 0 Å². The Morgan fingerprint density at radius 3 is 3.17 bits per heavy atom. The number of amides is 1. The molecular weight excluding hydrogens is 230 g/mol. The second-order valence-electron chi connectivity index (χ2n) is 4.70. The maximum absolute atomic E-state index is 11.9. The summed E-state index contributed by atoms with van der Waals surface area (Å²) in [6.45, 7) is 2.84. The molecule has 0 aromatic carbocycles. The minimum Gasteiger partial charge on any atom is -0.350 e. The lowest BCUT2D eigenvalue weighted by molar-refractivity contribution is 0.0942. The van der Waals surface area contributed by atoms with Crippen molar-refractivity contribution in [2.75, 3.05) is 32.1 Å². The van der Waals surface area contributed by atoms with Gasteiger partial charge in [0.05, 0.1) is 5.69 Å². The minimum absolute atomic E-state index is 0.151. The van der Waals surface area contributed by atoms with Gasteiger partial charge in [0.15, 0.2) is 0 Å². The van der Waals surface area contributed by atoms with E-state index in [1.807, 2.05) is 0 Å². The minimum atomic E-state index is -0.151.